The van der Waals surface area contributed by atoms with Gasteiger partial charge >= 0.3 is 6.03 Å². The summed E-state index contributed by atoms with van der Waals surface area (Å²) in [5, 5.41) is 13.6. The molecule has 1 heterocycles. The van der Waals surface area contributed by atoms with Crippen molar-refractivity contribution < 1.29 is 14.6 Å². The first-order valence-corrected chi connectivity index (χ1v) is 9.02. The maximum absolute atomic E-state index is 12.3. The Bertz CT molecular complexity index is 577. The molecule has 1 aromatic carbocycles. The number of urea groups is 1. The third kappa shape index (κ3) is 3.83. The highest BCUT2D eigenvalue weighted by molar-refractivity contribution is 5.74. The van der Waals surface area contributed by atoms with Crippen molar-refractivity contribution in [3.8, 4) is 5.75 Å². The lowest BCUT2D eigenvalue weighted by Crippen LogP contribution is -2.56. The van der Waals surface area contributed by atoms with Crippen LogP contribution < -0.4 is 10.1 Å². The predicted octanol–water partition coefficient (Wildman–Crippen LogP) is 2.71. The van der Waals surface area contributed by atoms with Gasteiger partial charge in [-0.05, 0) is 37.8 Å². The smallest absolute Gasteiger partial charge is 0.317 e. The first-order chi connectivity index (χ1) is 11.6. The number of rotatable bonds is 4. The Kier molecular flexibility index (Phi) is 5.29. The number of nitrogens with zero attached hydrogens (tertiary/aromatic N) is 1. The number of benzene rings is 1. The van der Waals surface area contributed by atoms with Crippen LogP contribution in [-0.4, -0.2) is 47.9 Å². The van der Waals surface area contributed by atoms with Crippen LogP contribution in [0.15, 0.2) is 24.3 Å². The van der Waals surface area contributed by atoms with E-state index in [1.807, 2.05) is 36.1 Å². The largest absolute Gasteiger partial charge is 0.491 e. The van der Waals surface area contributed by atoms with E-state index in [9.17, 15) is 9.90 Å². The van der Waals surface area contributed by atoms with Crippen molar-refractivity contribution in [1.82, 2.24) is 10.2 Å². The number of carbonyl (C=O) groups is 1. The van der Waals surface area contributed by atoms with Crippen molar-refractivity contribution in [2.24, 2.45) is 5.92 Å². The number of hydrogen-bond donors (Lipinski definition) is 2. The molecule has 0 aromatic heterocycles. The number of ether oxygens (including phenoxy) is 1. The molecular formula is C19H28N2O3. The summed E-state index contributed by atoms with van der Waals surface area (Å²) in [5.74, 6) is 1.09. The Balaban J connectivity index is 1.42. The van der Waals surface area contributed by atoms with Crippen molar-refractivity contribution in [2.45, 2.75) is 44.6 Å². The molecule has 1 aromatic rings. The highest BCUT2D eigenvalue weighted by Gasteiger charge is 2.43. The number of likely N-dealkylation sites (tertiary alicyclic amines) is 1. The molecule has 3 rings (SSSR count). The first-order valence-electron chi connectivity index (χ1n) is 9.02. The summed E-state index contributed by atoms with van der Waals surface area (Å²) in [6.45, 7) is 4.25. The average molecular weight is 332 g/mol. The summed E-state index contributed by atoms with van der Waals surface area (Å²) >= 11 is 0. The van der Waals surface area contributed by atoms with E-state index >= 15 is 0 Å². The van der Waals surface area contributed by atoms with Crippen LogP contribution in [0.25, 0.3) is 0 Å². The van der Waals surface area contributed by atoms with Crippen LogP contribution in [0.2, 0.25) is 0 Å². The molecule has 24 heavy (non-hydrogen) atoms. The Hall–Kier alpha value is -1.75. The Morgan fingerprint density at radius 2 is 2.21 bits per heavy atom. The quantitative estimate of drug-likeness (QED) is 0.834. The van der Waals surface area contributed by atoms with Crippen LogP contribution in [0.1, 0.15) is 37.7 Å². The molecule has 2 fully saturated rings. The standard InChI is InChI=1S/C19H28N2O3/c1-15-6-2-3-8-17(15)24-13-11-20-18(22)21-12-10-19(23)9-5-4-7-16(19)14-21/h2-3,6,8,16,23H,4-5,7,9-14H2,1H3,(H,20,22)/t16-,19-/m0/s1. The molecule has 1 saturated carbocycles. The molecule has 5 nitrogen and oxygen atoms in total. The summed E-state index contributed by atoms with van der Waals surface area (Å²) in [7, 11) is 0. The van der Waals surface area contributed by atoms with E-state index in [0.717, 1.165) is 37.0 Å². The molecule has 1 aliphatic heterocycles. The summed E-state index contributed by atoms with van der Waals surface area (Å²) in [6.07, 6.45) is 4.88. The molecule has 2 N–H and O–H groups in total. The Morgan fingerprint density at radius 1 is 1.38 bits per heavy atom. The minimum atomic E-state index is -0.539. The molecule has 5 heteroatoms. The molecule has 1 saturated heterocycles. The monoisotopic (exact) mass is 332 g/mol. The van der Waals surface area contributed by atoms with Gasteiger partial charge in [0.1, 0.15) is 12.4 Å². The molecule has 0 unspecified atom stereocenters. The molecule has 2 atom stereocenters. The van der Waals surface area contributed by atoms with Gasteiger partial charge in [0, 0.05) is 19.0 Å². The zero-order valence-electron chi connectivity index (χ0n) is 14.5. The fraction of sp³-hybridized carbons (Fsp3) is 0.632. The Morgan fingerprint density at radius 3 is 3.04 bits per heavy atom. The number of carbonyl (C=O) groups excluding carboxylic acids is 1. The van der Waals surface area contributed by atoms with E-state index in [1.165, 1.54) is 0 Å². The zero-order chi connectivity index (χ0) is 17.0. The van der Waals surface area contributed by atoms with Crippen molar-refractivity contribution in [3.63, 3.8) is 0 Å². The van der Waals surface area contributed by atoms with Crippen LogP contribution in [0, 0.1) is 12.8 Å². The van der Waals surface area contributed by atoms with E-state index in [2.05, 4.69) is 5.32 Å². The van der Waals surface area contributed by atoms with Gasteiger partial charge in [-0.1, -0.05) is 31.0 Å². The fourth-order valence-corrected chi connectivity index (χ4v) is 3.90. The minimum Gasteiger partial charge on any atom is -0.491 e. The second kappa shape index (κ2) is 7.43. The topological polar surface area (TPSA) is 61.8 Å². The molecule has 0 bridgehead atoms. The number of aryl methyl sites for hydroxylation is 1. The van der Waals surface area contributed by atoms with Gasteiger partial charge in [0.25, 0.3) is 0 Å². The fourth-order valence-electron chi connectivity index (χ4n) is 3.90. The second-order valence-corrected chi connectivity index (χ2v) is 7.09. The third-order valence-electron chi connectivity index (χ3n) is 5.44. The van der Waals surface area contributed by atoms with Crippen LogP contribution in [-0.2, 0) is 0 Å². The molecule has 2 aliphatic rings. The van der Waals surface area contributed by atoms with E-state index in [4.69, 9.17) is 4.74 Å². The van der Waals surface area contributed by atoms with Gasteiger partial charge in [0.2, 0.25) is 0 Å². The Labute approximate surface area is 144 Å². The number of aliphatic hydroxyl groups is 1. The van der Waals surface area contributed by atoms with E-state index < -0.39 is 5.60 Å². The normalized spacial score (nSPS) is 26.6. The highest BCUT2D eigenvalue weighted by atomic mass is 16.5. The minimum absolute atomic E-state index is 0.0454. The predicted molar refractivity (Wildman–Crippen MR) is 93.2 cm³/mol. The maximum atomic E-state index is 12.3. The van der Waals surface area contributed by atoms with Crippen LogP contribution in [0.4, 0.5) is 4.79 Å². The summed E-state index contributed by atoms with van der Waals surface area (Å²) in [6, 6.07) is 7.82. The lowest BCUT2D eigenvalue weighted by Gasteiger charge is -2.47. The number of hydrogen-bond acceptors (Lipinski definition) is 3. The van der Waals surface area contributed by atoms with Crippen molar-refractivity contribution >= 4 is 6.03 Å². The van der Waals surface area contributed by atoms with Crippen LogP contribution in [0.3, 0.4) is 0 Å². The highest BCUT2D eigenvalue weighted by Crippen LogP contribution is 2.39. The summed E-state index contributed by atoms with van der Waals surface area (Å²) in [5.41, 5.74) is 0.555. The number of fused-ring (bicyclic) bond motifs is 1. The van der Waals surface area contributed by atoms with Gasteiger partial charge in [-0.3, -0.25) is 0 Å². The van der Waals surface area contributed by atoms with Gasteiger partial charge in [-0.25, -0.2) is 4.79 Å². The van der Waals surface area contributed by atoms with E-state index in [-0.39, 0.29) is 11.9 Å². The number of amides is 2. The van der Waals surface area contributed by atoms with Gasteiger partial charge < -0.3 is 20.1 Å². The molecule has 0 radical (unpaired) electrons. The van der Waals surface area contributed by atoms with Gasteiger partial charge in [0.05, 0.1) is 12.1 Å². The molecule has 0 spiro atoms. The number of piperidine rings is 1. The van der Waals surface area contributed by atoms with E-state index in [0.29, 0.717) is 32.7 Å². The lowest BCUT2D eigenvalue weighted by molar-refractivity contribution is -0.0870. The lowest BCUT2D eigenvalue weighted by atomic mass is 9.71. The molecule has 2 amide bonds. The first kappa shape index (κ1) is 17.1. The van der Waals surface area contributed by atoms with Crippen molar-refractivity contribution in [3.05, 3.63) is 29.8 Å². The maximum Gasteiger partial charge on any atom is 0.317 e. The number of para-hydroxylation sites is 1. The van der Waals surface area contributed by atoms with Gasteiger partial charge in [-0.15, -0.1) is 0 Å². The number of nitrogens with one attached hydrogen (secondary N) is 1. The second-order valence-electron chi connectivity index (χ2n) is 7.09. The van der Waals surface area contributed by atoms with Crippen molar-refractivity contribution in [2.75, 3.05) is 26.2 Å². The van der Waals surface area contributed by atoms with Crippen LogP contribution in [0.5, 0.6) is 5.75 Å². The average Bonchev–Trinajstić information content (AvgIpc) is 2.59. The SMILES string of the molecule is Cc1ccccc1OCCNC(=O)N1CC[C@@]2(O)CCCC[C@H]2C1. The van der Waals surface area contributed by atoms with Crippen LogP contribution >= 0.6 is 0 Å². The van der Waals surface area contributed by atoms with Gasteiger partial charge in [-0.2, -0.15) is 0 Å². The third-order valence-corrected chi connectivity index (χ3v) is 5.44. The van der Waals surface area contributed by atoms with E-state index in [1.54, 1.807) is 0 Å². The van der Waals surface area contributed by atoms with Gasteiger partial charge in [0.15, 0.2) is 0 Å². The zero-order valence-corrected chi connectivity index (χ0v) is 14.5. The van der Waals surface area contributed by atoms with Crippen molar-refractivity contribution in [1.29, 1.82) is 0 Å². The molecule has 132 valence electrons. The summed E-state index contributed by atoms with van der Waals surface area (Å²) < 4.78 is 5.70. The molecular weight excluding hydrogens is 304 g/mol. The molecule has 1 aliphatic carbocycles. The summed E-state index contributed by atoms with van der Waals surface area (Å²) in [4.78, 5) is 14.2.